The monoisotopic (exact) mass is 347 g/mol. The summed E-state index contributed by atoms with van der Waals surface area (Å²) in [6.45, 7) is 0.511. The van der Waals surface area contributed by atoms with E-state index in [1.165, 1.54) is 0 Å². The van der Waals surface area contributed by atoms with Crippen LogP contribution in [-0.2, 0) is 18.3 Å². The van der Waals surface area contributed by atoms with Gasteiger partial charge in [0.2, 0.25) is 0 Å². The Morgan fingerprint density at radius 2 is 2.04 bits per heavy atom. The molecule has 132 valence electrons. The van der Waals surface area contributed by atoms with Crippen LogP contribution in [0.5, 0.6) is 0 Å². The van der Waals surface area contributed by atoms with Crippen molar-refractivity contribution in [2.45, 2.75) is 12.6 Å². The van der Waals surface area contributed by atoms with Crippen molar-refractivity contribution in [2.75, 3.05) is 7.11 Å². The summed E-state index contributed by atoms with van der Waals surface area (Å²) in [5, 5.41) is 0. The van der Waals surface area contributed by atoms with Crippen LogP contribution in [0.3, 0.4) is 0 Å². The Morgan fingerprint density at radius 3 is 2.77 bits per heavy atom. The standard InChI is InChI=1S/C20H21N5O/c1-24-9-8-22-20(24)19(26-2)15-4-3-5-16(11-15)25-13-23-17-10-14(12-21)6-7-18(17)25/h3-11,13,19H,12,21H2,1-2H3. The molecule has 0 aliphatic rings. The highest BCUT2D eigenvalue weighted by atomic mass is 16.5. The zero-order valence-electron chi connectivity index (χ0n) is 14.8. The molecular weight excluding hydrogens is 326 g/mol. The molecule has 2 heterocycles. The summed E-state index contributed by atoms with van der Waals surface area (Å²) in [4.78, 5) is 8.95. The molecule has 0 bridgehead atoms. The van der Waals surface area contributed by atoms with Crippen LogP contribution in [0.2, 0.25) is 0 Å². The van der Waals surface area contributed by atoms with E-state index < -0.39 is 0 Å². The quantitative estimate of drug-likeness (QED) is 0.602. The van der Waals surface area contributed by atoms with Crippen LogP contribution in [0.1, 0.15) is 23.1 Å². The van der Waals surface area contributed by atoms with Crippen molar-refractivity contribution in [2.24, 2.45) is 12.8 Å². The molecule has 4 rings (SSSR count). The van der Waals surface area contributed by atoms with Crippen molar-refractivity contribution in [3.05, 3.63) is 78.1 Å². The van der Waals surface area contributed by atoms with E-state index in [2.05, 4.69) is 38.8 Å². The first kappa shape index (κ1) is 16.5. The lowest BCUT2D eigenvalue weighted by molar-refractivity contribution is 0.126. The molecule has 4 aromatic rings. The van der Waals surface area contributed by atoms with Crippen LogP contribution in [0.15, 0.2) is 61.2 Å². The summed E-state index contributed by atoms with van der Waals surface area (Å²) >= 11 is 0. The molecule has 1 unspecified atom stereocenters. The number of imidazole rings is 2. The predicted octanol–water partition coefficient (Wildman–Crippen LogP) is 2.95. The molecule has 0 radical (unpaired) electrons. The Kier molecular flexibility index (Phi) is 4.28. The molecule has 0 saturated heterocycles. The third kappa shape index (κ3) is 2.79. The number of fused-ring (bicyclic) bond motifs is 1. The lowest BCUT2D eigenvalue weighted by Crippen LogP contribution is -2.10. The summed E-state index contributed by atoms with van der Waals surface area (Å²) in [7, 11) is 3.67. The number of ether oxygens (including phenoxy) is 1. The van der Waals surface area contributed by atoms with Gasteiger partial charge in [-0.05, 0) is 35.4 Å². The second-order valence-corrected chi connectivity index (χ2v) is 6.25. The van der Waals surface area contributed by atoms with E-state index in [0.29, 0.717) is 6.54 Å². The van der Waals surface area contributed by atoms with Gasteiger partial charge >= 0.3 is 0 Å². The fourth-order valence-corrected chi connectivity index (χ4v) is 3.25. The van der Waals surface area contributed by atoms with E-state index in [9.17, 15) is 0 Å². The van der Waals surface area contributed by atoms with Gasteiger partial charge in [-0.3, -0.25) is 4.57 Å². The molecule has 0 aliphatic carbocycles. The van der Waals surface area contributed by atoms with Gasteiger partial charge in [0, 0.05) is 38.8 Å². The maximum Gasteiger partial charge on any atom is 0.142 e. The van der Waals surface area contributed by atoms with Crippen molar-refractivity contribution >= 4 is 11.0 Å². The van der Waals surface area contributed by atoms with Gasteiger partial charge in [0.15, 0.2) is 0 Å². The Morgan fingerprint density at radius 1 is 1.15 bits per heavy atom. The fraction of sp³-hybridized carbons (Fsp3) is 0.200. The van der Waals surface area contributed by atoms with E-state index in [1.54, 1.807) is 13.3 Å². The van der Waals surface area contributed by atoms with Crippen molar-refractivity contribution in [1.82, 2.24) is 19.1 Å². The van der Waals surface area contributed by atoms with Crippen molar-refractivity contribution in [1.29, 1.82) is 0 Å². The van der Waals surface area contributed by atoms with Gasteiger partial charge in [0.25, 0.3) is 0 Å². The molecule has 0 spiro atoms. The third-order valence-corrected chi connectivity index (χ3v) is 4.63. The highest BCUT2D eigenvalue weighted by Crippen LogP contribution is 2.27. The Hall–Kier alpha value is -2.96. The average molecular weight is 347 g/mol. The third-order valence-electron chi connectivity index (χ3n) is 4.63. The molecule has 6 heteroatoms. The minimum absolute atomic E-state index is 0.228. The number of hydrogen-bond acceptors (Lipinski definition) is 4. The van der Waals surface area contributed by atoms with Gasteiger partial charge in [-0.1, -0.05) is 18.2 Å². The summed E-state index contributed by atoms with van der Waals surface area (Å²) in [5.41, 5.74) is 10.9. The Labute approximate surface area is 151 Å². The molecule has 6 nitrogen and oxygen atoms in total. The first-order valence-electron chi connectivity index (χ1n) is 8.47. The molecule has 0 saturated carbocycles. The minimum Gasteiger partial charge on any atom is -0.369 e. The lowest BCUT2D eigenvalue weighted by Gasteiger charge is -2.17. The summed E-state index contributed by atoms with van der Waals surface area (Å²) in [5.74, 6) is 0.868. The van der Waals surface area contributed by atoms with Crippen molar-refractivity contribution in [3.8, 4) is 5.69 Å². The van der Waals surface area contributed by atoms with Gasteiger partial charge in [0.05, 0.1) is 11.0 Å². The average Bonchev–Trinajstić information content (AvgIpc) is 3.28. The molecular formula is C20H21N5O. The Balaban J connectivity index is 1.77. The number of nitrogens with two attached hydrogens (primary N) is 1. The number of benzene rings is 2. The molecule has 0 amide bonds. The summed E-state index contributed by atoms with van der Waals surface area (Å²) in [6.07, 6.45) is 5.31. The topological polar surface area (TPSA) is 70.9 Å². The van der Waals surface area contributed by atoms with Gasteiger partial charge in [-0.15, -0.1) is 0 Å². The van der Waals surface area contributed by atoms with Crippen LogP contribution in [0.4, 0.5) is 0 Å². The zero-order chi connectivity index (χ0) is 18.1. The molecule has 0 fully saturated rings. The molecule has 2 aromatic heterocycles. The largest absolute Gasteiger partial charge is 0.369 e. The van der Waals surface area contributed by atoms with E-state index in [-0.39, 0.29) is 6.10 Å². The maximum atomic E-state index is 5.73. The van der Waals surface area contributed by atoms with Crippen molar-refractivity contribution in [3.63, 3.8) is 0 Å². The second kappa shape index (κ2) is 6.74. The number of aryl methyl sites for hydroxylation is 1. The highest BCUT2D eigenvalue weighted by Gasteiger charge is 2.18. The molecule has 0 aliphatic heterocycles. The van der Waals surface area contributed by atoms with Gasteiger partial charge < -0.3 is 15.0 Å². The Bertz CT molecular complexity index is 1050. The molecule has 26 heavy (non-hydrogen) atoms. The fourth-order valence-electron chi connectivity index (χ4n) is 3.25. The molecule has 2 N–H and O–H groups in total. The predicted molar refractivity (Wildman–Crippen MR) is 101 cm³/mol. The van der Waals surface area contributed by atoms with E-state index in [4.69, 9.17) is 10.5 Å². The number of nitrogens with zero attached hydrogens (tertiary/aromatic N) is 4. The molecule has 2 aromatic carbocycles. The number of rotatable bonds is 5. The van der Waals surface area contributed by atoms with Crippen LogP contribution in [0.25, 0.3) is 16.7 Å². The van der Waals surface area contributed by atoms with Gasteiger partial charge in [-0.25, -0.2) is 9.97 Å². The first-order valence-corrected chi connectivity index (χ1v) is 8.47. The van der Waals surface area contributed by atoms with Crippen molar-refractivity contribution < 1.29 is 4.74 Å². The van der Waals surface area contributed by atoms with E-state index in [1.807, 2.05) is 42.3 Å². The lowest BCUT2D eigenvalue weighted by atomic mass is 10.1. The van der Waals surface area contributed by atoms with Crippen LogP contribution >= 0.6 is 0 Å². The summed E-state index contributed by atoms with van der Waals surface area (Å²) < 4.78 is 9.78. The zero-order valence-corrected chi connectivity index (χ0v) is 14.8. The highest BCUT2D eigenvalue weighted by molar-refractivity contribution is 5.78. The SMILES string of the molecule is COC(c1cccc(-n2cnc3cc(CN)ccc32)c1)c1nccn1C. The van der Waals surface area contributed by atoms with Crippen LogP contribution in [0, 0.1) is 0 Å². The number of methoxy groups -OCH3 is 1. The van der Waals surface area contributed by atoms with Gasteiger partial charge in [-0.2, -0.15) is 0 Å². The number of aromatic nitrogens is 4. The number of hydrogen-bond donors (Lipinski definition) is 1. The van der Waals surface area contributed by atoms with Gasteiger partial charge in [0.1, 0.15) is 18.3 Å². The van der Waals surface area contributed by atoms with E-state index in [0.717, 1.165) is 33.7 Å². The maximum absolute atomic E-state index is 5.73. The minimum atomic E-state index is -0.228. The molecule has 1 atom stereocenters. The van der Waals surface area contributed by atoms with Crippen LogP contribution < -0.4 is 5.73 Å². The smallest absolute Gasteiger partial charge is 0.142 e. The second-order valence-electron chi connectivity index (χ2n) is 6.25. The summed E-state index contributed by atoms with van der Waals surface area (Å²) in [6, 6.07) is 14.4. The first-order chi connectivity index (χ1) is 12.7. The van der Waals surface area contributed by atoms with Crippen LogP contribution in [-0.4, -0.2) is 26.2 Å². The normalized spacial score (nSPS) is 12.6. The van der Waals surface area contributed by atoms with E-state index >= 15 is 0 Å².